The Morgan fingerprint density at radius 3 is 2.88 bits per heavy atom. The van der Waals surface area contributed by atoms with Crippen LogP contribution in [0.1, 0.15) is 56.4 Å². The van der Waals surface area contributed by atoms with E-state index < -0.39 is 0 Å². The minimum atomic E-state index is 0.635. The Morgan fingerprint density at radius 1 is 1.20 bits per heavy atom. The zero-order valence-electron chi connectivity index (χ0n) is 23.3. The second kappa shape index (κ2) is 11.4. The van der Waals surface area contributed by atoms with Gasteiger partial charge < -0.3 is 14.9 Å². The summed E-state index contributed by atoms with van der Waals surface area (Å²) in [5, 5.41) is 13.3. The molecular formula is C31H35N9. The SMILES string of the molecule is C\C=c1/c(-c2nc3nccc(-n4cnc(C)c4)c3[nH]2)n[nH]/c1=C/C=C(\C)c1cncc(CNCC2CCCC2)c1. The fourth-order valence-electron chi connectivity index (χ4n) is 5.48. The van der Waals surface area contributed by atoms with Crippen LogP contribution in [0, 0.1) is 12.8 Å². The second-order valence-corrected chi connectivity index (χ2v) is 10.6. The fraction of sp³-hybridized carbons (Fsp3) is 0.323. The molecule has 40 heavy (non-hydrogen) atoms. The minimum Gasteiger partial charge on any atom is -0.333 e. The van der Waals surface area contributed by atoms with E-state index in [2.05, 4.69) is 60.6 Å². The molecule has 9 heteroatoms. The third-order valence-corrected chi connectivity index (χ3v) is 7.69. The van der Waals surface area contributed by atoms with Crippen molar-refractivity contribution in [3.05, 3.63) is 76.7 Å². The first-order valence-electron chi connectivity index (χ1n) is 14.0. The zero-order valence-corrected chi connectivity index (χ0v) is 23.3. The maximum Gasteiger partial charge on any atom is 0.180 e. The molecule has 0 aromatic carbocycles. The molecule has 1 aliphatic rings. The van der Waals surface area contributed by atoms with Gasteiger partial charge >= 0.3 is 0 Å². The van der Waals surface area contributed by atoms with Crippen LogP contribution in [-0.2, 0) is 6.54 Å². The lowest BCUT2D eigenvalue weighted by Gasteiger charge is -2.11. The molecule has 1 aliphatic carbocycles. The number of H-pyrrole nitrogens is 2. The van der Waals surface area contributed by atoms with E-state index in [-0.39, 0.29) is 0 Å². The third-order valence-electron chi connectivity index (χ3n) is 7.69. The van der Waals surface area contributed by atoms with Crippen molar-refractivity contribution in [2.75, 3.05) is 6.54 Å². The quantitative estimate of drug-likeness (QED) is 0.276. The highest BCUT2D eigenvalue weighted by Gasteiger charge is 2.15. The molecule has 0 radical (unpaired) electrons. The summed E-state index contributed by atoms with van der Waals surface area (Å²) in [5.74, 6) is 1.49. The number of hydrogen-bond acceptors (Lipinski definition) is 6. The summed E-state index contributed by atoms with van der Waals surface area (Å²) >= 11 is 0. The van der Waals surface area contributed by atoms with Gasteiger partial charge in [0.25, 0.3) is 0 Å². The van der Waals surface area contributed by atoms with E-state index in [1.807, 2.05) is 49.1 Å². The van der Waals surface area contributed by atoms with Crippen molar-refractivity contribution < 1.29 is 0 Å². The molecule has 0 unspecified atom stereocenters. The lowest BCUT2D eigenvalue weighted by Crippen LogP contribution is -2.23. The Bertz CT molecular complexity index is 1780. The van der Waals surface area contributed by atoms with Gasteiger partial charge in [0.1, 0.15) is 11.2 Å². The molecule has 0 bridgehead atoms. The average molecular weight is 534 g/mol. The number of nitrogens with one attached hydrogen (secondary N) is 3. The molecule has 1 fully saturated rings. The number of rotatable bonds is 8. The Labute approximate surface area is 233 Å². The van der Waals surface area contributed by atoms with Crippen LogP contribution in [0.4, 0.5) is 0 Å². The number of hydrogen-bond donors (Lipinski definition) is 3. The van der Waals surface area contributed by atoms with E-state index in [0.717, 1.165) is 63.3 Å². The van der Waals surface area contributed by atoms with Gasteiger partial charge in [0, 0.05) is 36.6 Å². The van der Waals surface area contributed by atoms with Gasteiger partial charge in [-0.1, -0.05) is 25.0 Å². The first-order valence-corrected chi connectivity index (χ1v) is 14.0. The van der Waals surface area contributed by atoms with Gasteiger partial charge in [0.15, 0.2) is 11.5 Å². The van der Waals surface area contributed by atoms with Crippen LogP contribution in [0.3, 0.4) is 0 Å². The van der Waals surface area contributed by atoms with E-state index in [9.17, 15) is 0 Å². The molecule has 0 aliphatic heterocycles. The van der Waals surface area contributed by atoms with Gasteiger partial charge in [-0.25, -0.2) is 15.0 Å². The molecule has 5 aromatic rings. The first-order chi connectivity index (χ1) is 19.6. The van der Waals surface area contributed by atoms with Gasteiger partial charge in [0.05, 0.1) is 23.1 Å². The van der Waals surface area contributed by atoms with Crippen LogP contribution in [0.2, 0.25) is 0 Å². The van der Waals surface area contributed by atoms with E-state index >= 15 is 0 Å². The first kappa shape index (κ1) is 25.9. The monoisotopic (exact) mass is 533 g/mol. The van der Waals surface area contributed by atoms with Crippen LogP contribution in [0.15, 0.2) is 49.3 Å². The van der Waals surface area contributed by atoms with Crippen LogP contribution < -0.4 is 15.9 Å². The highest BCUT2D eigenvalue weighted by Crippen LogP contribution is 2.24. The van der Waals surface area contributed by atoms with Crippen molar-refractivity contribution in [2.24, 2.45) is 5.92 Å². The summed E-state index contributed by atoms with van der Waals surface area (Å²) in [4.78, 5) is 21.5. The maximum absolute atomic E-state index is 4.75. The summed E-state index contributed by atoms with van der Waals surface area (Å²) in [5.41, 5.74) is 7.57. The Balaban J connectivity index is 1.25. The molecule has 204 valence electrons. The number of pyridine rings is 2. The van der Waals surface area contributed by atoms with Crippen molar-refractivity contribution in [1.29, 1.82) is 0 Å². The van der Waals surface area contributed by atoms with Gasteiger partial charge in [0.2, 0.25) is 0 Å². The molecule has 5 heterocycles. The molecule has 0 saturated heterocycles. The number of nitrogens with zero attached hydrogens (tertiary/aromatic N) is 6. The topological polar surface area (TPSA) is 113 Å². The molecule has 1 saturated carbocycles. The minimum absolute atomic E-state index is 0.635. The lowest BCUT2D eigenvalue weighted by atomic mass is 10.1. The highest BCUT2D eigenvalue weighted by molar-refractivity contribution is 5.83. The summed E-state index contributed by atoms with van der Waals surface area (Å²) in [6, 6.07) is 4.17. The average Bonchev–Trinajstić information content (AvgIpc) is 3.78. The normalized spacial score (nSPS) is 15.6. The van der Waals surface area contributed by atoms with E-state index in [0.29, 0.717) is 11.5 Å². The molecule has 0 amide bonds. The van der Waals surface area contributed by atoms with Crippen LogP contribution in [-0.4, -0.2) is 46.2 Å². The standard InChI is InChI=1S/C31H35N9/c1-4-25-26(10-9-20(2)24-13-23(16-33-17-24)15-32-14-22-7-5-6-8-22)38-39-28(25)31-36-29-27(11-12-34-30(29)37-31)40-18-21(3)35-19-40/h4,9-13,16-19,22,32,38H,5-8,14-15H2,1-3H3,(H,34,36,37)/b20-9+,25-4-,26-10+. The van der Waals surface area contributed by atoms with E-state index in [4.69, 9.17) is 4.98 Å². The van der Waals surface area contributed by atoms with Crippen LogP contribution >= 0.6 is 0 Å². The summed E-state index contributed by atoms with van der Waals surface area (Å²) < 4.78 is 1.97. The Morgan fingerprint density at radius 2 is 2.08 bits per heavy atom. The number of imidazole rings is 2. The lowest BCUT2D eigenvalue weighted by molar-refractivity contribution is 0.489. The van der Waals surface area contributed by atoms with Crippen LogP contribution in [0.25, 0.3) is 46.1 Å². The van der Waals surface area contributed by atoms with Crippen molar-refractivity contribution in [1.82, 2.24) is 45.0 Å². The molecule has 6 rings (SSSR count). The zero-order chi connectivity index (χ0) is 27.5. The smallest absolute Gasteiger partial charge is 0.180 e. The predicted molar refractivity (Wildman–Crippen MR) is 159 cm³/mol. The van der Waals surface area contributed by atoms with Crippen molar-refractivity contribution in [2.45, 2.75) is 53.0 Å². The number of allylic oxidation sites excluding steroid dienone is 2. The van der Waals surface area contributed by atoms with Gasteiger partial charge in [-0.3, -0.25) is 10.1 Å². The van der Waals surface area contributed by atoms with Gasteiger partial charge in [-0.05, 0) is 81.0 Å². The molecule has 5 aromatic heterocycles. The summed E-state index contributed by atoms with van der Waals surface area (Å²) in [7, 11) is 0. The summed E-state index contributed by atoms with van der Waals surface area (Å²) in [6.45, 7) is 8.03. The summed E-state index contributed by atoms with van der Waals surface area (Å²) in [6.07, 6.45) is 21.1. The predicted octanol–water partition coefficient (Wildman–Crippen LogP) is 4.20. The van der Waals surface area contributed by atoms with Crippen LogP contribution in [0.5, 0.6) is 0 Å². The largest absolute Gasteiger partial charge is 0.333 e. The molecule has 0 atom stereocenters. The number of aromatic amines is 2. The van der Waals surface area contributed by atoms with Gasteiger partial charge in [-0.2, -0.15) is 5.10 Å². The Hall–Kier alpha value is -4.37. The molecular weight excluding hydrogens is 498 g/mol. The molecule has 3 N–H and O–H groups in total. The molecule has 0 spiro atoms. The van der Waals surface area contributed by atoms with Crippen molar-refractivity contribution in [3.63, 3.8) is 0 Å². The van der Waals surface area contributed by atoms with E-state index in [1.165, 1.54) is 31.2 Å². The van der Waals surface area contributed by atoms with Crippen molar-refractivity contribution >= 4 is 28.9 Å². The van der Waals surface area contributed by atoms with Crippen molar-refractivity contribution in [3.8, 4) is 17.2 Å². The third kappa shape index (κ3) is 5.37. The Kier molecular flexibility index (Phi) is 7.37. The second-order valence-electron chi connectivity index (χ2n) is 10.6. The number of aryl methyl sites for hydroxylation is 1. The number of fused-ring (bicyclic) bond motifs is 1. The maximum atomic E-state index is 4.75. The number of aromatic nitrogens is 8. The van der Waals surface area contributed by atoms with E-state index in [1.54, 1.807) is 12.5 Å². The fourth-order valence-corrected chi connectivity index (χ4v) is 5.48. The molecule has 9 nitrogen and oxygen atoms in total. The van der Waals surface area contributed by atoms with Gasteiger partial charge in [-0.15, -0.1) is 0 Å². The highest BCUT2D eigenvalue weighted by atomic mass is 15.1.